The van der Waals surface area contributed by atoms with Gasteiger partial charge in [0.15, 0.2) is 0 Å². The molecule has 1 aromatic heterocycles. The first-order valence-electron chi connectivity index (χ1n) is 28.8. The number of fused-ring (bicyclic) bond motifs is 9. The Balaban J connectivity index is 1.01. The molecule has 390 valence electrons. The molecule has 0 atom stereocenters. The Morgan fingerprint density at radius 3 is 1.10 bits per heavy atom. The molecule has 0 bridgehead atoms. The Morgan fingerprint density at radius 2 is 0.614 bits per heavy atom. The lowest BCUT2D eigenvalue weighted by Crippen LogP contribution is -2.28. The van der Waals surface area contributed by atoms with E-state index in [2.05, 4.69) is 348 Å². The lowest BCUT2D eigenvalue weighted by atomic mass is 9.67. The van der Waals surface area contributed by atoms with Gasteiger partial charge in [-0.05, 0) is 146 Å². The molecular weight excluding hydrogens is 1000 g/mol. The molecule has 0 fully saturated rings. The van der Waals surface area contributed by atoms with E-state index < -0.39 is 10.8 Å². The minimum Gasteiger partial charge on any atom is -0.310 e. The average Bonchev–Trinajstić information content (AvgIpc) is 1.98. The minimum atomic E-state index is -0.598. The van der Waals surface area contributed by atoms with Crippen LogP contribution in [0.1, 0.15) is 44.5 Å². The monoisotopic (exact) mass is 1060 g/mol. The molecule has 0 spiro atoms. The predicted molar refractivity (Wildman–Crippen MR) is 345 cm³/mol. The maximum atomic E-state index is 2.52. The van der Waals surface area contributed by atoms with Gasteiger partial charge in [-0.15, -0.1) is 0 Å². The SMILES string of the molecule is c1ccc(N(c2ccc3c(c2)C(c2ccccc2)(c2ccccc2)c2ccccc2-3)c2cc(N(c3ccccc3)c3ccc4c(c3)C(c3ccccc3)(c3ccccc3)c3ccccc3-4)c3c4ccccc4n(-c4ccccc4)c3c2)cc1. The smallest absolute Gasteiger partial charge is 0.0714 e. The van der Waals surface area contributed by atoms with E-state index in [9.17, 15) is 0 Å². The van der Waals surface area contributed by atoms with Crippen LogP contribution in [0.3, 0.4) is 0 Å². The highest BCUT2D eigenvalue weighted by molar-refractivity contribution is 6.18. The number of aromatic nitrogens is 1. The average molecular weight is 1060 g/mol. The molecule has 0 N–H and O–H groups in total. The fourth-order valence-electron chi connectivity index (χ4n) is 14.4. The van der Waals surface area contributed by atoms with Crippen LogP contribution in [0.4, 0.5) is 34.1 Å². The maximum Gasteiger partial charge on any atom is 0.0714 e. The molecule has 1 heterocycles. The van der Waals surface area contributed by atoms with Crippen molar-refractivity contribution in [3.63, 3.8) is 0 Å². The van der Waals surface area contributed by atoms with Crippen molar-refractivity contribution in [2.24, 2.45) is 0 Å². The lowest BCUT2D eigenvalue weighted by molar-refractivity contribution is 0.768. The van der Waals surface area contributed by atoms with Gasteiger partial charge in [-0.2, -0.15) is 0 Å². The Bertz CT molecular complexity index is 4630. The summed E-state index contributed by atoms with van der Waals surface area (Å²) in [5.41, 5.74) is 23.4. The summed E-state index contributed by atoms with van der Waals surface area (Å²) in [6.07, 6.45) is 0. The van der Waals surface area contributed by atoms with Crippen molar-refractivity contribution in [3.05, 3.63) is 378 Å². The number of benzene rings is 13. The number of rotatable bonds is 11. The third-order valence-corrected chi connectivity index (χ3v) is 17.7. The molecule has 3 nitrogen and oxygen atoms in total. The highest BCUT2D eigenvalue weighted by Crippen LogP contribution is 2.60. The van der Waals surface area contributed by atoms with Crippen LogP contribution in [0, 0.1) is 0 Å². The van der Waals surface area contributed by atoms with Crippen molar-refractivity contribution in [1.29, 1.82) is 0 Å². The van der Waals surface area contributed by atoms with Crippen LogP contribution in [0.25, 0.3) is 49.7 Å². The van der Waals surface area contributed by atoms with E-state index >= 15 is 0 Å². The fourth-order valence-corrected chi connectivity index (χ4v) is 14.4. The molecule has 3 heteroatoms. The quantitative estimate of drug-likeness (QED) is 0.128. The fraction of sp³-hybridized carbons (Fsp3) is 0.0250. The topological polar surface area (TPSA) is 11.4 Å². The van der Waals surface area contributed by atoms with E-state index in [-0.39, 0.29) is 0 Å². The van der Waals surface area contributed by atoms with E-state index in [0.29, 0.717) is 0 Å². The molecular formula is C80H55N3. The van der Waals surface area contributed by atoms with Crippen LogP contribution in [-0.4, -0.2) is 4.57 Å². The van der Waals surface area contributed by atoms with Crippen molar-refractivity contribution < 1.29 is 0 Å². The van der Waals surface area contributed by atoms with Crippen LogP contribution >= 0.6 is 0 Å². The van der Waals surface area contributed by atoms with Gasteiger partial charge in [0, 0.05) is 39.2 Å². The first kappa shape index (κ1) is 48.2. The summed E-state index contributed by atoms with van der Waals surface area (Å²) in [6, 6.07) is 124. The van der Waals surface area contributed by atoms with Crippen LogP contribution in [-0.2, 0) is 10.8 Å². The summed E-state index contributed by atoms with van der Waals surface area (Å²) < 4.78 is 2.47. The molecule has 2 aliphatic carbocycles. The summed E-state index contributed by atoms with van der Waals surface area (Å²) in [5, 5.41) is 2.32. The molecule has 83 heavy (non-hydrogen) atoms. The second-order valence-corrected chi connectivity index (χ2v) is 21.9. The minimum absolute atomic E-state index is 0.590. The third kappa shape index (κ3) is 7.31. The molecule has 0 saturated carbocycles. The van der Waals surface area contributed by atoms with Gasteiger partial charge in [-0.25, -0.2) is 0 Å². The summed E-state index contributed by atoms with van der Waals surface area (Å²) in [5.74, 6) is 0. The lowest BCUT2D eigenvalue weighted by Gasteiger charge is -2.35. The number of nitrogens with zero attached hydrogens (tertiary/aromatic N) is 3. The largest absolute Gasteiger partial charge is 0.310 e. The summed E-state index contributed by atoms with van der Waals surface area (Å²) in [7, 11) is 0. The summed E-state index contributed by atoms with van der Waals surface area (Å²) in [6.45, 7) is 0. The standard InChI is InChI=1S/C80H55N3/c1-8-28-56(29-9-1)79(57-30-10-2-11-31-57)71-45-25-22-42-66(71)68-50-48-63(52-73(68)79)81(60-36-16-5-17-37-60)65-54-76(78-70-44-24-27-47-75(70)83(77(78)55-65)62-40-20-7-21-41-62)82(61-38-18-6-19-39-61)64-49-51-69-67-43-23-26-46-72(67)80(74(69)53-64,58-32-12-3-13-33-58)59-34-14-4-15-35-59/h1-55H. The zero-order valence-corrected chi connectivity index (χ0v) is 45.6. The van der Waals surface area contributed by atoms with Gasteiger partial charge in [0.1, 0.15) is 0 Å². The van der Waals surface area contributed by atoms with Crippen LogP contribution in [0.15, 0.2) is 334 Å². The van der Waals surface area contributed by atoms with Gasteiger partial charge in [0.2, 0.25) is 0 Å². The molecule has 0 saturated heterocycles. The normalized spacial score (nSPS) is 13.3. The van der Waals surface area contributed by atoms with E-state index in [0.717, 1.165) is 56.2 Å². The van der Waals surface area contributed by atoms with Crippen molar-refractivity contribution in [2.75, 3.05) is 9.80 Å². The van der Waals surface area contributed by atoms with Gasteiger partial charge in [-0.3, -0.25) is 0 Å². The van der Waals surface area contributed by atoms with Gasteiger partial charge < -0.3 is 14.4 Å². The molecule has 0 aliphatic heterocycles. The second-order valence-electron chi connectivity index (χ2n) is 21.9. The van der Waals surface area contributed by atoms with E-state index in [1.54, 1.807) is 0 Å². The molecule has 0 radical (unpaired) electrons. The Kier molecular flexibility index (Phi) is 11.3. The van der Waals surface area contributed by atoms with Crippen LogP contribution < -0.4 is 9.80 Å². The van der Waals surface area contributed by atoms with Crippen molar-refractivity contribution in [2.45, 2.75) is 10.8 Å². The molecule has 16 rings (SSSR count). The summed E-state index contributed by atoms with van der Waals surface area (Å²) >= 11 is 0. The Morgan fingerprint density at radius 1 is 0.241 bits per heavy atom. The number of para-hydroxylation sites is 4. The van der Waals surface area contributed by atoms with Crippen molar-refractivity contribution >= 4 is 55.9 Å². The Hall–Kier alpha value is -10.7. The van der Waals surface area contributed by atoms with E-state index in [1.807, 2.05) is 0 Å². The van der Waals surface area contributed by atoms with E-state index in [1.165, 1.54) is 72.1 Å². The highest BCUT2D eigenvalue weighted by Gasteiger charge is 2.48. The second kappa shape index (κ2) is 19.5. The zero-order chi connectivity index (χ0) is 54.9. The molecule has 14 aromatic rings. The van der Waals surface area contributed by atoms with E-state index in [4.69, 9.17) is 0 Å². The summed E-state index contributed by atoms with van der Waals surface area (Å²) in [4.78, 5) is 5.01. The van der Waals surface area contributed by atoms with Gasteiger partial charge >= 0.3 is 0 Å². The van der Waals surface area contributed by atoms with Crippen LogP contribution in [0.2, 0.25) is 0 Å². The van der Waals surface area contributed by atoms with Gasteiger partial charge in [0.25, 0.3) is 0 Å². The molecule has 13 aromatic carbocycles. The van der Waals surface area contributed by atoms with Crippen molar-refractivity contribution in [1.82, 2.24) is 4.57 Å². The zero-order valence-electron chi connectivity index (χ0n) is 45.6. The molecule has 2 aliphatic rings. The predicted octanol–water partition coefficient (Wildman–Crippen LogP) is 20.4. The van der Waals surface area contributed by atoms with Gasteiger partial charge in [-0.1, -0.05) is 255 Å². The van der Waals surface area contributed by atoms with Crippen LogP contribution in [0.5, 0.6) is 0 Å². The molecule has 0 unspecified atom stereocenters. The van der Waals surface area contributed by atoms with Crippen molar-refractivity contribution in [3.8, 4) is 27.9 Å². The number of hydrogen-bond acceptors (Lipinski definition) is 2. The number of anilines is 6. The first-order chi connectivity index (χ1) is 41.2. The molecule has 0 amide bonds. The first-order valence-corrected chi connectivity index (χ1v) is 28.8. The van der Waals surface area contributed by atoms with Gasteiger partial charge in [0.05, 0.1) is 33.2 Å². The highest BCUT2D eigenvalue weighted by atomic mass is 15.2. The maximum absolute atomic E-state index is 2.52. The third-order valence-electron chi connectivity index (χ3n) is 17.7. The number of hydrogen-bond donors (Lipinski definition) is 0. The Labute approximate surface area is 484 Å².